The molecule has 0 aromatic heterocycles. The smallest absolute Gasteiger partial charge is 0.153 e. The summed E-state index contributed by atoms with van der Waals surface area (Å²) < 4.78 is 5.33. The molecule has 0 heterocycles. The van der Waals surface area contributed by atoms with Gasteiger partial charge in [-0.25, -0.2) is 0 Å². The highest BCUT2D eigenvalue weighted by molar-refractivity contribution is 5.80. The molecule has 0 fully saturated rings. The minimum Gasteiger partial charge on any atom is -0.493 e. The predicted octanol–water partition coefficient (Wildman–Crippen LogP) is 3.61. The Labute approximate surface area is 106 Å². The van der Waals surface area contributed by atoms with Crippen molar-refractivity contribution in [2.24, 2.45) is 5.11 Å². The first kappa shape index (κ1) is 13.8. The van der Waals surface area contributed by atoms with E-state index in [1.54, 1.807) is 12.1 Å². The normalized spacial score (nSPS) is 10.1. The lowest BCUT2D eigenvalue weighted by atomic mass is 10.1. The van der Waals surface area contributed by atoms with Crippen LogP contribution in [0.15, 0.2) is 29.4 Å². The highest BCUT2D eigenvalue weighted by Gasteiger charge is 2.02. The number of carbonyl (C=O) groups excluding carboxylic acids is 1. The molecule has 1 aromatic carbocycles. The molecule has 0 aliphatic carbocycles. The van der Waals surface area contributed by atoms with Gasteiger partial charge in [0.05, 0.1) is 12.2 Å². The lowest BCUT2D eigenvalue weighted by Crippen LogP contribution is -1.96. The van der Waals surface area contributed by atoms with Gasteiger partial charge in [0.25, 0.3) is 0 Å². The minimum atomic E-state index is 0.435. The Morgan fingerprint density at radius 2 is 2.33 bits per heavy atom. The third-order valence-corrected chi connectivity index (χ3v) is 2.23. The zero-order valence-electron chi connectivity index (χ0n) is 10.2. The van der Waals surface area contributed by atoms with Gasteiger partial charge in [-0.2, -0.15) is 0 Å². The molecule has 5 heteroatoms. The zero-order chi connectivity index (χ0) is 13.2. The molecule has 0 aliphatic rings. The molecule has 0 saturated heterocycles. The highest BCUT2D eigenvalue weighted by Crippen LogP contribution is 2.19. The Hall–Kier alpha value is -2.26. The van der Waals surface area contributed by atoms with Crippen molar-refractivity contribution in [3.63, 3.8) is 0 Å². The number of benzene rings is 1. The number of hydrogen-bond donors (Lipinski definition) is 0. The fourth-order valence-electron chi connectivity index (χ4n) is 1.45. The Morgan fingerprint density at radius 3 is 3.00 bits per heavy atom. The van der Waals surface area contributed by atoms with Crippen LogP contribution in [0.5, 0.6) is 5.75 Å². The van der Waals surface area contributed by atoms with Crippen molar-refractivity contribution >= 4 is 12.4 Å². The van der Waals surface area contributed by atoms with Crippen molar-refractivity contribution in [2.45, 2.75) is 13.3 Å². The number of aldehydes is 1. The topological polar surface area (TPSA) is 75.1 Å². The maximum atomic E-state index is 10.9. The first-order valence-corrected chi connectivity index (χ1v) is 5.71. The van der Waals surface area contributed by atoms with Crippen molar-refractivity contribution in [3.8, 4) is 5.75 Å². The molecule has 0 amide bonds. The number of carbonyl (C=O) groups is 1. The van der Waals surface area contributed by atoms with Crippen molar-refractivity contribution < 1.29 is 9.53 Å². The Balaban J connectivity index is 2.72. The lowest BCUT2D eigenvalue weighted by molar-refractivity contribution is 0.112. The Morgan fingerprint density at radius 1 is 1.50 bits per heavy atom. The first-order chi connectivity index (χ1) is 8.81. The van der Waals surface area contributed by atoms with E-state index in [0.29, 0.717) is 30.9 Å². The summed E-state index contributed by atoms with van der Waals surface area (Å²) in [5, 5.41) is 3.43. The summed E-state index contributed by atoms with van der Waals surface area (Å²) in [6.07, 6.45) is 5.24. The molecule has 1 aromatic rings. The summed E-state index contributed by atoms with van der Waals surface area (Å²) in [6, 6.07) is 5.42. The summed E-state index contributed by atoms with van der Waals surface area (Å²) >= 11 is 0. The minimum absolute atomic E-state index is 0.435. The molecule has 94 valence electrons. The quantitative estimate of drug-likeness (QED) is 0.242. The van der Waals surface area contributed by atoms with Crippen LogP contribution in [0.4, 0.5) is 0 Å². The van der Waals surface area contributed by atoms with Crippen LogP contribution in [0.2, 0.25) is 0 Å². The van der Waals surface area contributed by atoms with Gasteiger partial charge in [-0.05, 0) is 36.6 Å². The Kier molecular flexibility index (Phi) is 6.08. The van der Waals surface area contributed by atoms with Gasteiger partial charge in [-0.3, -0.25) is 4.79 Å². The van der Waals surface area contributed by atoms with Crippen LogP contribution >= 0.6 is 0 Å². The summed E-state index contributed by atoms with van der Waals surface area (Å²) in [6.45, 7) is 2.84. The second-order valence-electron chi connectivity index (χ2n) is 3.49. The predicted molar refractivity (Wildman–Crippen MR) is 70.7 cm³/mol. The number of azide groups is 1. The SMILES string of the molecule is CCOc1ccc(C=CCCN=[N+]=[N-])cc1C=O. The fourth-order valence-corrected chi connectivity index (χ4v) is 1.45. The highest BCUT2D eigenvalue weighted by atomic mass is 16.5. The van der Waals surface area contributed by atoms with Crippen molar-refractivity contribution in [2.75, 3.05) is 13.2 Å². The molecule has 0 N–H and O–H groups in total. The standard InChI is InChI=1S/C13H15N3O2/c1-2-18-13-7-6-11(9-12(13)10-17)5-3-4-8-15-16-14/h3,5-7,9-10H,2,4,8H2,1H3. The number of ether oxygens (including phenoxy) is 1. The molecule has 1 rings (SSSR count). The van der Waals surface area contributed by atoms with Gasteiger partial charge in [0.15, 0.2) is 6.29 Å². The molecule has 5 nitrogen and oxygen atoms in total. The molecular formula is C13H15N3O2. The van der Waals surface area contributed by atoms with E-state index >= 15 is 0 Å². The van der Waals surface area contributed by atoms with E-state index in [1.807, 2.05) is 25.1 Å². The van der Waals surface area contributed by atoms with E-state index in [2.05, 4.69) is 10.0 Å². The number of rotatable bonds is 7. The fraction of sp³-hybridized carbons (Fsp3) is 0.308. The zero-order valence-corrected chi connectivity index (χ0v) is 10.2. The number of nitrogens with zero attached hydrogens (tertiary/aromatic N) is 3. The van der Waals surface area contributed by atoms with Crippen molar-refractivity contribution in [1.29, 1.82) is 0 Å². The molecular weight excluding hydrogens is 230 g/mol. The van der Waals surface area contributed by atoms with Crippen molar-refractivity contribution in [1.82, 2.24) is 0 Å². The third kappa shape index (κ3) is 4.31. The summed E-state index contributed by atoms with van der Waals surface area (Å²) in [5.74, 6) is 0.596. The average Bonchev–Trinajstić information content (AvgIpc) is 2.40. The van der Waals surface area contributed by atoms with Crippen LogP contribution in [0.3, 0.4) is 0 Å². The van der Waals surface area contributed by atoms with Crippen molar-refractivity contribution in [3.05, 3.63) is 45.8 Å². The van der Waals surface area contributed by atoms with Crippen LogP contribution in [-0.2, 0) is 0 Å². The maximum absolute atomic E-state index is 10.9. The molecule has 0 atom stereocenters. The molecule has 0 spiro atoms. The van der Waals surface area contributed by atoms with Gasteiger partial charge in [0.1, 0.15) is 5.75 Å². The van der Waals surface area contributed by atoms with E-state index < -0.39 is 0 Å². The monoisotopic (exact) mass is 245 g/mol. The molecule has 0 aliphatic heterocycles. The Bertz CT molecular complexity index is 477. The maximum Gasteiger partial charge on any atom is 0.153 e. The average molecular weight is 245 g/mol. The van der Waals surface area contributed by atoms with Gasteiger partial charge < -0.3 is 4.74 Å². The second kappa shape index (κ2) is 7.92. The van der Waals surface area contributed by atoms with Crippen LogP contribution in [0.25, 0.3) is 16.5 Å². The van der Waals surface area contributed by atoms with E-state index in [-0.39, 0.29) is 0 Å². The van der Waals surface area contributed by atoms with E-state index in [0.717, 1.165) is 11.8 Å². The second-order valence-corrected chi connectivity index (χ2v) is 3.49. The molecule has 0 unspecified atom stereocenters. The molecule has 0 saturated carbocycles. The van der Waals surface area contributed by atoms with Gasteiger partial charge >= 0.3 is 0 Å². The molecule has 18 heavy (non-hydrogen) atoms. The van der Waals surface area contributed by atoms with Gasteiger partial charge in [-0.1, -0.05) is 23.3 Å². The molecule has 0 radical (unpaired) electrons. The summed E-state index contributed by atoms with van der Waals surface area (Å²) in [4.78, 5) is 13.6. The third-order valence-electron chi connectivity index (χ3n) is 2.23. The van der Waals surface area contributed by atoms with E-state index in [9.17, 15) is 4.79 Å². The van der Waals surface area contributed by atoms with Crippen LogP contribution < -0.4 is 4.74 Å². The van der Waals surface area contributed by atoms with Gasteiger partial charge in [0.2, 0.25) is 0 Å². The lowest BCUT2D eigenvalue weighted by Gasteiger charge is -2.06. The van der Waals surface area contributed by atoms with Crippen LogP contribution in [0, 0.1) is 0 Å². The van der Waals surface area contributed by atoms with E-state index in [4.69, 9.17) is 10.3 Å². The number of hydrogen-bond acceptors (Lipinski definition) is 3. The first-order valence-electron chi connectivity index (χ1n) is 5.71. The van der Waals surface area contributed by atoms with Gasteiger partial charge in [0, 0.05) is 11.5 Å². The largest absolute Gasteiger partial charge is 0.493 e. The van der Waals surface area contributed by atoms with Gasteiger partial charge in [-0.15, -0.1) is 0 Å². The summed E-state index contributed by atoms with van der Waals surface area (Å²) in [5.41, 5.74) is 9.57. The van der Waals surface area contributed by atoms with Crippen LogP contribution in [0.1, 0.15) is 29.3 Å². The molecule has 0 bridgehead atoms. The van der Waals surface area contributed by atoms with E-state index in [1.165, 1.54) is 0 Å². The van der Waals surface area contributed by atoms with Crippen LogP contribution in [-0.4, -0.2) is 19.4 Å². The summed E-state index contributed by atoms with van der Waals surface area (Å²) in [7, 11) is 0.